The van der Waals surface area contributed by atoms with E-state index in [-0.39, 0.29) is 5.70 Å². The Morgan fingerprint density at radius 3 is 2.44 bits per heavy atom. The summed E-state index contributed by atoms with van der Waals surface area (Å²) in [6.45, 7) is 0.695. The minimum atomic E-state index is -1.07. The number of nitrogens with zero attached hydrogens (tertiary/aromatic N) is 1. The van der Waals surface area contributed by atoms with Gasteiger partial charge in [-0.15, -0.1) is 0 Å². The maximum absolute atomic E-state index is 10.7. The summed E-state index contributed by atoms with van der Waals surface area (Å²) >= 11 is 0. The molecule has 1 spiro atoms. The Morgan fingerprint density at radius 1 is 1.38 bits per heavy atom. The van der Waals surface area contributed by atoms with E-state index in [1.165, 1.54) is 11.0 Å². The van der Waals surface area contributed by atoms with Crippen LogP contribution in [0.15, 0.2) is 11.8 Å². The molecule has 16 heavy (non-hydrogen) atoms. The molecule has 1 fully saturated rings. The van der Waals surface area contributed by atoms with Crippen LogP contribution in [0.4, 0.5) is 4.79 Å². The minimum Gasteiger partial charge on any atom is -0.477 e. The third-order valence-electron chi connectivity index (χ3n) is 2.88. The maximum atomic E-state index is 10.7. The molecule has 7 nitrogen and oxygen atoms in total. The van der Waals surface area contributed by atoms with Crippen LogP contribution in [0.25, 0.3) is 0 Å². The zero-order chi connectivity index (χ0) is 11.8. The largest absolute Gasteiger partial charge is 0.477 e. The molecule has 2 aliphatic rings. The normalized spacial score (nSPS) is 22.8. The molecule has 0 aromatic rings. The Labute approximate surface area is 91.2 Å². The number of likely N-dealkylation sites (tertiary alicyclic amines) is 1. The number of aliphatic carboxylic acids is 1. The average molecular weight is 228 g/mol. The molecule has 0 unspecified atom stereocenters. The first-order valence-electron chi connectivity index (χ1n) is 4.90. The molecule has 0 atom stereocenters. The SMILES string of the molecule is O=C(O)C1=CC2(CCN(C(=O)O)CC2)ON1. The van der Waals surface area contributed by atoms with Gasteiger partial charge in [-0.25, -0.2) is 9.59 Å². The van der Waals surface area contributed by atoms with Gasteiger partial charge in [0.15, 0.2) is 0 Å². The number of carboxylic acid groups (broad SMARTS) is 2. The van der Waals surface area contributed by atoms with Crippen molar-refractivity contribution >= 4 is 12.1 Å². The van der Waals surface area contributed by atoms with E-state index in [4.69, 9.17) is 15.1 Å². The number of carbonyl (C=O) groups is 2. The van der Waals surface area contributed by atoms with Gasteiger partial charge in [0.25, 0.3) is 0 Å². The molecule has 0 bridgehead atoms. The van der Waals surface area contributed by atoms with Gasteiger partial charge in [-0.2, -0.15) is 0 Å². The molecule has 0 saturated carbocycles. The van der Waals surface area contributed by atoms with Crippen molar-refractivity contribution in [1.29, 1.82) is 0 Å². The fourth-order valence-corrected chi connectivity index (χ4v) is 1.91. The summed E-state index contributed by atoms with van der Waals surface area (Å²) in [5, 5.41) is 17.5. The van der Waals surface area contributed by atoms with E-state index < -0.39 is 17.7 Å². The van der Waals surface area contributed by atoms with E-state index >= 15 is 0 Å². The van der Waals surface area contributed by atoms with Gasteiger partial charge in [0.05, 0.1) is 0 Å². The number of piperidine rings is 1. The van der Waals surface area contributed by atoms with E-state index in [0.29, 0.717) is 25.9 Å². The Bertz CT molecular complexity index is 357. The van der Waals surface area contributed by atoms with Crippen LogP contribution in [0.5, 0.6) is 0 Å². The highest BCUT2D eigenvalue weighted by atomic mass is 16.7. The van der Waals surface area contributed by atoms with Crippen LogP contribution in [-0.2, 0) is 9.63 Å². The Hall–Kier alpha value is -1.76. The maximum Gasteiger partial charge on any atom is 0.407 e. The van der Waals surface area contributed by atoms with E-state index in [9.17, 15) is 9.59 Å². The third kappa shape index (κ3) is 1.81. The molecule has 3 N–H and O–H groups in total. The fourth-order valence-electron chi connectivity index (χ4n) is 1.91. The Morgan fingerprint density at radius 2 is 2.00 bits per heavy atom. The standard InChI is InChI=1S/C9H12N2O5/c12-7(13)6-5-9(16-10-6)1-3-11(4-2-9)8(14)15/h5,10H,1-4H2,(H,12,13)(H,14,15). The summed E-state index contributed by atoms with van der Waals surface area (Å²) in [4.78, 5) is 27.9. The molecule has 2 rings (SSSR count). The summed E-state index contributed by atoms with van der Waals surface area (Å²) in [7, 11) is 0. The highest BCUT2D eigenvalue weighted by molar-refractivity contribution is 5.86. The van der Waals surface area contributed by atoms with Crippen LogP contribution in [0, 0.1) is 0 Å². The predicted octanol–water partition coefficient (Wildman–Crippen LogP) is 0.00230. The first kappa shape index (κ1) is 10.7. The molecule has 0 aromatic carbocycles. The van der Waals surface area contributed by atoms with Gasteiger partial charge in [0.1, 0.15) is 11.3 Å². The number of nitrogens with one attached hydrogen (secondary N) is 1. The lowest BCUT2D eigenvalue weighted by Gasteiger charge is -2.35. The van der Waals surface area contributed by atoms with Crippen molar-refractivity contribution < 1.29 is 24.6 Å². The van der Waals surface area contributed by atoms with Crippen molar-refractivity contribution in [2.45, 2.75) is 18.4 Å². The average Bonchev–Trinajstić information content (AvgIpc) is 2.63. The van der Waals surface area contributed by atoms with Gasteiger partial charge < -0.3 is 15.1 Å². The monoisotopic (exact) mass is 228 g/mol. The molecule has 0 radical (unpaired) electrons. The summed E-state index contributed by atoms with van der Waals surface area (Å²) in [6, 6.07) is 0. The third-order valence-corrected chi connectivity index (χ3v) is 2.88. The number of carboxylic acids is 1. The molecule has 7 heteroatoms. The van der Waals surface area contributed by atoms with Crippen molar-refractivity contribution in [3.8, 4) is 0 Å². The van der Waals surface area contributed by atoms with Crippen molar-refractivity contribution in [1.82, 2.24) is 10.4 Å². The second-order valence-electron chi connectivity index (χ2n) is 3.90. The van der Waals surface area contributed by atoms with Crippen LogP contribution in [0.1, 0.15) is 12.8 Å². The summed E-state index contributed by atoms with van der Waals surface area (Å²) < 4.78 is 0. The number of hydrogen-bond acceptors (Lipinski definition) is 4. The highest BCUT2D eigenvalue weighted by Crippen LogP contribution is 2.31. The number of amides is 1. The van der Waals surface area contributed by atoms with Crippen LogP contribution >= 0.6 is 0 Å². The number of hydrogen-bond donors (Lipinski definition) is 3. The molecular formula is C9H12N2O5. The first-order valence-corrected chi connectivity index (χ1v) is 4.90. The van der Waals surface area contributed by atoms with Crippen LogP contribution in [0.2, 0.25) is 0 Å². The smallest absolute Gasteiger partial charge is 0.407 e. The summed E-state index contributed by atoms with van der Waals surface area (Å²) in [6.07, 6.45) is 1.49. The molecule has 2 heterocycles. The highest BCUT2D eigenvalue weighted by Gasteiger charge is 2.40. The Kier molecular flexibility index (Phi) is 2.47. The van der Waals surface area contributed by atoms with Crippen molar-refractivity contribution in [2.24, 2.45) is 0 Å². The fraction of sp³-hybridized carbons (Fsp3) is 0.556. The molecule has 88 valence electrons. The number of rotatable bonds is 1. The molecule has 0 aliphatic carbocycles. The second-order valence-corrected chi connectivity index (χ2v) is 3.90. The Balaban J connectivity index is 2.03. The predicted molar refractivity (Wildman–Crippen MR) is 51.5 cm³/mol. The molecular weight excluding hydrogens is 216 g/mol. The van der Waals surface area contributed by atoms with E-state index in [2.05, 4.69) is 5.48 Å². The topological polar surface area (TPSA) is 99.1 Å². The molecule has 1 amide bonds. The van der Waals surface area contributed by atoms with Crippen LogP contribution in [-0.4, -0.2) is 45.9 Å². The quantitative estimate of drug-likeness (QED) is 0.584. The lowest BCUT2D eigenvalue weighted by molar-refractivity contribution is -0.135. The van der Waals surface area contributed by atoms with E-state index in [1.807, 2.05) is 0 Å². The van der Waals surface area contributed by atoms with E-state index in [0.717, 1.165) is 0 Å². The first-order chi connectivity index (χ1) is 7.52. The zero-order valence-electron chi connectivity index (χ0n) is 8.47. The molecule has 2 aliphatic heterocycles. The molecule has 1 saturated heterocycles. The van der Waals surface area contributed by atoms with Gasteiger partial charge >= 0.3 is 12.1 Å². The summed E-state index contributed by atoms with van der Waals surface area (Å²) in [5.74, 6) is -1.07. The van der Waals surface area contributed by atoms with Gasteiger partial charge in [-0.3, -0.25) is 10.3 Å². The second kappa shape index (κ2) is 3.67. The van der Waals surface area contributed by atoms with Crippen LogP contribution in [0.3, 0.4) is 0 Å². The van der Waals surface area contributed by atoms with E-state index in [1.54, 1.807) is 0 Å². The summed E-state index contributed by atoms with van der Waals surface area (Å²) in [5.41, 5.74) is 1.71. The number of hydroxylamine groups is 1. The minimum absolute atomic E-state index is 0.0174. The van der Waals surface area contributed by atoms with Gasteiger partial charge in [0.2, 0.25) is 0 Å². The van der Waals surface area contributed by atoms with Crippen molar-refractivity contribution in [3.63, 3.8) is 0 Å². The van der Waals surface area contributed by atoms with Crippen molar-refractivity contribution in [2.75, 3.05) is 13.1 Å². The molecule has 0 aromatic heterocycles. The van der Waals surface area contributed by atoms with Gasteiger partial charge in [-0.05, 0) is 6.08 Å². The van der Waals surface area contributed by atoms with Crippen LogP contribution < -0.4 is 5.48 Å². The lowest BCUT2D eigenvalue weighted by atomic mass is 9.91. The lowest BCUT2D eigenvalue weighted by Crippen LogP contribution is -2.46. The van der Waals surface area contributed by atoms with Gasteiger partial charge in [-0.1, -0.05) is 0 Å². The van der Waals surface area contributed by atoms with Gasteiger partial charge in [0, 0.05) is 25.9 Å². The van der Waals surface area contributed by atoms with Crippen molar-refractivity contribution in [3.05, 3.63) is 11.8 Å². The zero-order valence-corrected chi connectivity index (χ0v) is 8.47.